The molecule has 0 aliphatic rings. The van der Waals surface area contributed by atoms with E-state index in [9.17, 15) is 9.59 Å². The van der Waals surface area contributed by atoms with Crippen LogP contribution in [0.4, 0.5) is 5.13 Å². The highest BCUT2D eigenvalue weighted by Gasteiger charge is 2.22. The van der Waals surface area contributed by atoms with Crippen molar-refractivity contribution >= 4 is 28.3 Å². The molecule has 0 spiro atoms. The molecule has 0 saturated heterocycles. The number of aromatic nitrogens is 1. The Morgan fingerprint density at radius 1 is 1.11 bits per heavy atom. The van der Waals surface area contributed by atoms with Crippen LogP contribution in [-0.2, 0) is 4.74 Å². The van der Waals surface area contributed by atoms with E-state index in [1.165, 1.54) is 0 Å². The summed E-state index contributed by atoms with van der Waals surface area (Å²) in [5.74, 6) is -0.697. The predicted molar refractivity (Wildman–Crippen MR) is 107 cm³/mol. The zero-order valence-electron chi connectivity index (χ0n) is 15.4. The van der Waals surface area contributed by atoms with Gasteiger partial charge in [-0.15, -0.1) is 0 Å². The Morgan fingerprint density at radius 2 is 1.85 bits per heavy atom. The molecule has 5 nitrogen and oxygen atoms in total. The zero-order valence-corrected chi connectivity index (χ0v) is 16.2. The Balaban J connectivity index is 1.94. The minimum Gasteiger partial charge on any atom is -0.462 e. The molecule has 2 aromatic carbocycles. The van der Waals surface area contributed by atoms with Crippen LogP contribution in [0.15, 0.2) is 48.5 Å². The standard InChI is InChI=1S/C21H20N2O3S/c1-4-26-20(25)18-17(15-8-6-5-7-9-15)22-21(27-18)23-19(24)16-11-10-13(2)12-14(16)3/h5-12H,4H2,1-3H3,(H,22,23,24). The van der Waals surface area contributed by atoms with Gasteiger partial charge in [0.05, 0.1) is 12.3 Å². The van der Waals surface area contributed by atoms with Gasteiger partial charge >= 0.3 is 5.97 Å². The summed E-state index contributed by atoms with van der Waals surface area (Å²) in [6.07, 6.45) is 0. The van der Waals surface area contributed by atoms with E-state index in [0.29, 0.717) is 21.3 Å². The number of thiazole rings is 1. The van der Waals surface area contributed by atoms with Gasteiger partial charge in [0.1, 0.15) is 4.88 Å². The average Bonchev–Trinajstić information content (AvgIpc) is 3.06. The monoisotopic (exact) mass is 380 g/mol. The molecule has 3 aromatic rings. The van der Waals surface area contributed by atoms with E-state index in [1.54, 1.807) is 13.0 Å². The molecule has 0 aliphatic carbocycles. The highest BCUT2D eigenvalue weighted by molar-refractivity contribution is 7.18. The van der Waals surface area contributed by atoms with E-state index in [1.807, 2.05) is 56.3 Å². The second-order valence-corrected chi connectivity index (χ2v) is 7.05. The van der Waals surface area contributed by atoms with Gasteiger partial charge in [-0.1, -0.05) is 59.4 Å². The van der Waals surface area contributed by atoms with Crippen LogP contribution in [0.5, 0.6) is 0 Å². The van der Waals surface area contributed by atoms with Gasteiger partial charge in [-0.25, -0.2) is 9.78 Å². The minimum atomic E-state index is -0.444. The summed E-state index contributed by atoms with van der Waals surface area (Å²) in [6.45, 7) is 5.90. The van der Waals surface area contributed by atoms with Crippen LogP contribution in [0.3, 0.4) is 0 Å². The molecule has 0 radical (unpaired) electrons. The quantitative estimate of drug-likeness (QED) is 0.642. The van der Waals surface area contributed by atoms with Crippen LogP contribution in [0.25, 0.3) is 11.3 Å². The topological polar surface area (TPSA) is 68.3 Å². The molecule has 27 heavy (non-hydrogen) atoms. The first-order chi connectivity index (χ1) is 13.0. The second-order valence-electron chi connectivity index (χ2n) is 6.06. The molecule has 1 N–H and O–H groups in total. The van der Waals surface area contributed by atoms with Gasteiger partial charge in [-0.3, -0.25) is 10.1 Å². The highest BCUT2D eigenvalue weighted by atomic mass is 32.1. The molecular formula is C21H20N2O3S. The molecule has 1 amide bonds. The zero-order chi connectivity index (χ0) is 19.4. The molecule has 6 heteroatoms. The lowest BCUT2D eigenvalue weighted by atomic mass is 10.1. The summed E-state index contributed by atoms with van der Waals surface area (Å²) < 4.78 is 5.14. The fourth-order valence-corrected chi connectivity index (χ4v) is 3.61. The maximum atomic E-state index is 12.6. The number of ether oxygens (including phenoxy) is 1. The third-order valence-corrected chi connectivity index (χ3v) is 4.93. The fraction of sp³-hybridized carbons (Fsp3) is 0.190. The van der Waals surface area contributed by atoms with E-state index in [0.717, 1.165) is 28.0 Å². The van der Waals surface area contributed by atoms with Gasteiger partial charge in [0.25, 0.3) is 5.91 Å². The maximum Gasteiger partial charge on any atom is 0.350 e. The van der Waals surface area contributed by atoms with Gasteiger partial charge in [0, 0.05) is 11.1 Å². The fourth-order valence-electron chi connectivity index (χ4n) is 2.73. The first kappa shape index (κ1) is 18.8. The molecule has 0 saturated carbocycles. The van der Waals surface area contributed by atoms with Crippen molar-refractivity contribution in [2.75, 3.05) is 11.9 Å². The predicted octanol–water partition coefficient (Wildman–Crippen LogP) is 4.86. The van der Waals surface area contributed by atoms with Crippen LogP contribution >= 0.6 is 11.3 Å². The van der Waals surface area contributed by atoms with E-state index in [4.69, 9.17) is 4.74 Å². The molecule has 1 aromatic heterocycles. The minimum absolute atomic E-state index is 0.253. The van der Waals surface area contributed by atoms with E-state index in [-0.39, 0.29) is 12.5 Å². The first-order valence-corrected chi connectivity index (χ1v) is 9.43. The molecule has 1 heterocycles. The van der Waals surface area contributed by atoms with E-state index < -0.39 is 5.97 Å². The third kappa shape index (κ3) is 4.23. The number of nitrogens with zero attached hydrogens (tertiary/aromatic N) is 1. The van der Waals surface area contributed by atoms with Crippen molar-refractivity contribution in [2.24, 2.45) is 0 Å². The maximum absolute atomic E-state index is 12.6. The number of anilines is 1. The summed E-state index contributed by atoms with van der Waals surface area (Å²) in [4.78, 5) is 29.8. The number of esters is 1. The van der Waals surface area contributed by atoms with Gasteiger partial charge in [0.2, 0.25) is 0 Å². The Hall–Kier alpha value is -2.99. The molecule has 0 bridgehead atoms. The molecule has 0 aliphatic heterocycles. The van der Waals surface area contributed by atoms with Crippen LogP contribution in [0.1, 0.15) is 38.1 Å². The lowest BCUT2D eigenvalue weighted by molar-refractivity contribution is 0.0532. The van der Waals surface area contributed by atoms with E-state index >= 15 is 0 Å². The van der Waals surface area contributed by atoms with Gasteiger partial charge in [0.15, 0.2) is 5.13 Å². The van der Waals surface area contributed by atoms with Crippen molar-refractivity contribution in [2.45, 2.75) is 20.8 Å². The largest absolute Gasteiger partial charge is 0.462 e. The van der Waals surface area contributed by atoms with Crippen LogP contribution in [0.2, 0.25) is 0 Å². The summed E-state index contributed by atoms with van der Waals surface area (Å²) in [5, 5.41) is 3.17. The lowest BCUT2D eigenvalue weighted by Crippen LogP contribution is -2.13. The van der Waals surface area contributed by atoms with Crippen LogP contribution in [0, 0.1) is 13.8 Å². The van der Waals surface area contributed by atoms with E-state index in [2.05, 4.69) is 10.3 Å². The van der Waals surface area contributed by atoms with Crippen molar-refractivity contribution in [3.05, 3.63) is 70.1 Å². The number of hydrogen-bond acceptors (Lipinski definition) is 5. The Bertz CT molecular complexity index is 980. The number of carbonyl (C=O) groups excluding carboxylic acids is 2. The number of amides is 1. The number of aryl methyl sites for hydroxylation is 2. The molecule has 138 valence electrons. The average molecular weight is 380 g/mol. The molecular weight excluding hydrogens is 360 g/mol. The van der Waals surface area contributed by atoms with Gasteiger partial charge in [-0.05, 0) is 32.4 Å². The summed E-state index contributed by atoms with van der Waals surface area (Å²) in [7, 11) is 0. The van der Waals surface area contributed by atoms with Crippen LogP contribution in [-0.4, -0.2) is 23.5 Å². The first-order valence-electron chi connectivity index (χ1n) is 8.61. The number of hydrogen-bond donors (Lipinski definition) is 1. The Labute approximate surface area is 162 Å². The Kier molecular flexibility index (Phi) is 5.66. The second kappa shape index (κ2) is 8.14. The van der Waals surface area contributed by atoms with Crippen molar-refractivity contribution in [3.63, 3.8) is 0 Å². The number of benzene rings is 2. The smallest absolute Gasteiger partial charge is 0.350 e. The van der Waals surface area contributed by atoms with Crippen molar-refractivity contribution in [1.82, 2.24) is 4.98 Å². The number of rotatable bonds is 5. The third-order valence-electron chi connectivity index (χ3n) is 3.98. The lowest BCUT2D eigenvalue weighted by Gasteiger charge is -2.06. The SMILES string of the molecule is CCOC(=O)c1sc(NC(=O)c2ccc(C)cc2C)nc1-c1ccccc1. The summed E-state index contributed by atoms with van der Waals surface area (Å²) in [6, 6.07) is 15.0. The van der Waals surface area contributed by atoms with Gasteiger partial charge < -0.3 is 4.74 Å². The highest BCUT2D eigenvalue weighted by Crippen LogP contribution is 2.32. The summed E-state index contributed by atoms with van der Waals surface area (Å²) >= 11 is 1.12. The molecule has 0 unspecified atom stereocenters. The molecule has 0 atom stereocenters. The molecule has 0 fully saturated rings. The number of carbonyl (C=O) groups is 2. The van der Waals surface area contributed by atoms with Crippen molar-refractivity contribution in [3.8, 4) is 11.3 Å². The normalized spacial score (nSPS) is 10.5. The van der Waals surface area contributed by atoms with Gasteiger partial charge in [-0.2, -0.15) is 0 Å². The number of nitrogens with one attached hydrogen (secondary N) is 1. The van der Waals surface area contributed by atoms with Crippen LogP contribution < -0.4 is 5.32 Å². The summed E-state index contributed by atoms with van der Waals surface area (Å²) in [5.41, 5.74) is 3.86. The molecule has 3 rings (SSSR count). The van der Waals surface area contributed by atoms with Crippen molar-refractivity contribution < 1.29 is 14.3 Å². The Morgan fingerprint density at radius 3 is 2.52 bits per heavy atom. The van der Waals surface area contributed by atoms with Crippen molar-refractivity contribution in [1.29, 1.82) is 0 Å².